The molecule has 2 rings (SSSR count). The van der Waals surface area contributed by atoms with E-state index in [1.165, 1.54) is 25.1 Å². The van der Waals surface area contributed by atoms with E-state index in [1.807, 2.05) is 0 Å². The topological polar surface area (TPSA) is 38.3 Å². The first-order valence-electron chi connectivity index (χ1n) is 6.24. The first-order valence-corrected chi connectivity index (χ1v) is 7.79. The van der Waals surface area contributed by atoms with E-state index in [2.05, 4.69) is 21.2 Å². The molecule has 0 saturated heterocycles. The minimum Gasteiger partial charge on any atom is -0.478 e. The molecule has 0 radical (unpaired) electrons. The lowest BCUT2D eigenvalue weighted by Gasteiger charge is -2.16. The zero-order valence-electron chi connectivity index (χ0n) is 11.4. The Labute approximate surface area is 145 Å². The molecular formula is C15H11BrCl2FNO2. The van der Waals surface area contributed by atoms with Gasteiger partial charge in [-0.25, -0.2) is 4.39 Å². The second kappa shape index (κ2) is 7.31. The monoisotopic (exact) mass is 405 g/mol. The van der Waals surface area contributed by atoms with Crippen LogP contribution in [0, 0.1) is 5.82 Å². The lowest BCUT2D eigenvalue weighted by molar-refractivity contribution is -0.122. The quantitative estimate of drug-likeness (QED) is 0.747. The fourth-order valence-corrected chi connectivity index (χ4v) is 2.43. The molecule has 7 heteroatoms. The molecule has 2 aromatic rings. The van der Waals surface area contributed by atoms with Gasteiger partial charge in [-0.3, -0.25) is 4.79 Å². The largest absolute Gasteiger partial charge is 0.478 e. The lowest BCUT2D eigenvalue weighted by Crippen LogP contribution is -2.30. The van der Waals surface area contributed by atoms with E-state index in [0.717, 1.165) is 0 Å². The van der Waals surface area contributed by atoms with Crippen LogP contribution in [0.25, 0.3) is 0 Å². The number of hydrogen-bond donors (Lipinski definition) is 1. The van der Waals surface area contributed by atoms with Crippen LogP contribution < -0.4 is 10.1 Å². The second-order valence-electron chi connectivity index (χ2n) is 4.45. The third kappa shape index (κ3) is 4.35. The molecule has 0 saturated carbocycles. The maximum Gasteiger partial charge on any atom is 0.265 e. The van der Waals surface area contributed by atoms with Crippen molar-refractivity contribution in [3.63, 3.8) is 0 Å². The Morgan fingerprint density at radius 3 is 2.64 bits per heavy atom. The number of ether oxygens (including phenoxy) is 1. The van der Waals surface area contributed by atoms with E-state index >= 15 is 0 Å². The summed E-state index contributed by atoms with van der Waals surface area (Å²) >= 11 is 14.9. The maximum atomic E-state index is 13.7. The number of amides is 1. The highest BCUT2D eigenvalue weighted by Crippen LogP contribution is 2.26. The van der Waals surface area contributed by atoms with Crippen LogP contribution in [0.4, 0.5) is 10.1 Å². The van der Waals surface area contributed by atoms with E-state index in [4.69, 9.17) is 27.9 Å². The molecular weight excluding hydrogens is 396 g/mol. The van der Waals surface area contributed by atoms with Crippen molar-refractivity contribution in [1.29, 1.82) is 0 Å². The number of rotatable bonds is 4. The van der Waals surface area contributed by atoms with Crippen LogP contribution in [0.5, 0.6) is 5.75 Å². The predicted molar refractivity (Wildman–Crippen MR) is 89.3 cm³/mol. The van der Waals surface area contributed by atoms with Crippen LogP contribution >= 0.6 is 39.1 Å². The van der Waals surface area contributed by atoms with Gasteiger partial charge in [-0.05, 0) is 43.3 Å². The first kappa shape index (κ1) is 17.1. The van der Waals surface area contributed by atoms with Crippen LogP contribution in [0.2, 0.25) is 10.0 Å². The molecule has 0 heterocycles. The van der Waals surface area contributed by atoms with Gasteiger partial charge in [-0.1, -0.05) is 39.1 Å². The van der Waals surface area contributed by atoms with Gasteiger partial charge in [0.25, 0.3) is 5.91 Å². The zero-order chi connectivity index (χ0) is 16.3. The predicted octanol–water partition coefficient (Wildman–Crippen LogP) is 5.30. The summed E-state index contributed by atoms with van der Waals surface area (Å²) in [7, 11) is 0. The molecule has 0 aromatic heterocycles. The van der Waals surface area contributed by atoms with Crippen molar-refractivity contribution in [2.24, 2.45) is 0 Å². The number of anilines is 1. The highest BCUT2D eigenvalue weighted by Gasteiger charge is 2.18. The number of nitrogens with one attached hydrogen (secondary N) is 1. The summed E-state index contributed by atoms with van der Waals surface area (Å²) in [5.74, 6) is -1.02. The summed E-state index contributed by atoms with van der Waals surface area (Å²) < 4.78 is 19.6. The molecule has 0 aliphatic carbocycles. The second-order valence-corrected chi connectivity index (χ2v) is 6.21. The summed E-state index contributed by atoms with van der Waals surface area (Å²) in [6.45, 7) is 1.51. The molecule has 3 nitrogen and oxygen atoms in total. The highest BCUT2D eigenvalue weighted by molar-refractivity contribution is 9.10. The summed E-state index contributed by atoms with van der Waals surface area (Å²) in [4.78, 5) is 12.1. The van der Waals surface area contributed by atoms with E-state index in [0.29, 0.717) is 20.2 Å². The molecule has 1 N–H and O–H groups in total. The Balaban J connectivity index is 2.05. The van der Waals surface area contributed by atoms with E-state index in [1.54, 1.807) is 18.2 Å². The number of carbonyl (C=O) groups is 1. The molecule has 0 unspecified atom stereocenters. The van der Waals surface area contributed by atoms with Gasteiger partial charge in [0.15, 0.2) is 17.7 Å². The third-order valence-electron chi connectivity index (χ3n) is 2.76. The Kier molecular flexibility index (Phi) is 5.67. The number of halogens is 4. The first-order chi connectivity index (χ1) is 10.4. The Hall–Kier alpha value is -1.30. The Bertz CT molecular complexity index is 712. The summed E-state index contributed by atoms with van der Waals surface area (Å²) in [5, 5.41) is 3.37. The SMILES string of the molecule is C[C@H](Oc1ccc(Br)cc1F)C(=O)Nc1ccc(Cl)cc1Cl. The summed E-state index contributed by atoms with van der Waals surface area (Å²) in [6, 6.07) is 9.02. The van der Waals surface area contributed by atoms with Crippen molar-refractivity contribution in [3.05, 3.63) is 56.7 Å². The fraction of sp³-hybridized carbons (Fsp3) is 0.133. The van der Waals surface area contributed by atoms with Crippen molar-refractivity contribution >= 4 is 50.7 Å². The molecule has 1 atom stereocenters. The summed E-state index contributed by atoms with van der Waals surface area (Å²) in [5.41, 5.74) is 0.405. The van der Waals surface area contributed by atoms with Gasteiger partial charge in [0.1, 0.15) is 0 Å². The number of hydrogen-bond acceptors (Lipinski definition) is 2. The van der Waals surface area contributed by atoms with Gasteiger partial charge < -0.3 is 10.1 Å². The molecule has 0 bridgehead atoms. The van der Waals surface area contributed by atoms with Crippen LogP contribution in [0.15, 0.2) is 40.9 Å². The minimum absolute atomic E-state index is 0.00643. The fourth-order valence-electron chi connectivity index (χ4n) is 1.64. The van der Waals surface area contributed by atoms with Gasteiger partial charge in [-0.2, -0.15) is 0 Å². The molecule has 22 heavy (non-hydrogen) atoms. The normalized spacial score (nSPS) is 11.9. The molecule has 2 aromatic carbocycles. The van der Waals surface area contributed by atoms with Gasteiger partial charge in [0.05, 0.1) is 10.7 Å². The lowest BCUT2D eigenvalue weighted by atomic mass is 10.3. The van der Waals surface area contributed by atoms with Crippen LogP contribution in [0.3, 0.4) is 0 Å². The van der Waals surface area contributed by atoms with Gasteiger partial charge >= 0.3 is 0 Å². The van der Waals surface area contributed by atoms with Crippen LogP contribution in [-0.4, -0.2) is 12.0 Å². The molecule has 0 spiro atoms. The van der Waals surface area contributed by atoms with Crippen molar-refractivity contribution in [1.82, 2.24) is 0 Å². The zero-order valence-corrected chi connectivity index (χ0v) is 14.5. The number of benzene rings is 2. The van der Waals surface area contributed by atoms with Crippen molar-refractivity contribution in [3.8, 4) is 5.75 Å². The molecule has 0 aliphatic heterocycles. The van der Waals surface area contributed by atoms with Gasteiger partial charge in [0, 0.05) is 9.50 Å². The number of carbonyl (C=O) groups excluding carboxylic acids is 1. The molecule has 116 valence electrons. The van der Waals surface area contributed by atoms with Crippen molar-refractivity contribution < 1.29 is 13.9 Å². The van der Waals surface area contributed by atoms with Gasteiger partial charge in [0.2, 0.25) is 0 Å². The molecule has 0 aliphatic rings. The molecule has 1 amide bonds. The Morgan fingerprint density at radius 1 is 1.27 bits per heavy atom. The average Bonchev–Trinajstić information content (AvgIpc) is 2.44. The minimum atomic E-state index is -0.901. The van der Waals surface area contributed by atoms with Crippen molar-refractivity contribution in [2.45, 2.75) is 13.0 Å². The summed E-state index contributed by atoms with van der Waals surface area (Å²) in [6.07, 6.45) is -0.901. The standard InChI is InChI=1S/C15H11BrCl2FNO2/c1-8(22-14-5-2-9(16)6-12(14)19)15(21)20-13-4-3-10(17)7-11(13)18/h2-8H,1H3,(H,20,21)/t8-/m0/s1. The highest BCUT2D eigenvalue weighted by atomic mass is 79.9. The van der Waals surface area contributed by atoms with E-state index < -0.39 is 17.8 Å². The maximum absolute atomic E-state index is 13.7. The average molecular weight is 407 g/mol. The van der Waals surface area contributed by atoms with E-state index in [9.17, 15) is 9.18 Å². The van der Waals surface area contributed by atoms with Crippen LogP contribution in [0.1, 0.15) is 6.92 Å². The smallest absolute Gasteiger partial charge is 0.265 e. The van der Waals surface area contributed by atoms with E-state index in [-0.39, 0.29) is 5.75 Å². The van der Waals surface area contributed by atoms with Crippen molar-refractivity contribution in [2.75, 3.05) is 5.32 Å². The Morgan fingerprint density at radius 2 is 2.00 bits per heavy atom. The van der Waals surface area contributed by atoms with Gasteiger partial charge in [-0.15, -0.1) is 0 Å². The van der Waals surface area contributed by atoms with Crippen LogP contribution in [-0.2, 0) is 4.79 Å². The third-order valence-corrected chi connectivity index (χ3v) is 3.80. The molecule has 0 fully saturated rings.